The summed E-state index contributed by atoms with van der Waals surface area (Å²) in [6.45, 7) is -0.130. The van der Waals surface area contributed by atoms with E-state index >= 15 is 0 Å². The smallest absolute Gasteiger partial charge is 0.304 e. The molecule has 1 aromatic carbocycles. The van der Waals surface area contributed by atoms with Crippen molar-refractivity contribution in [3.8, 4) is 0 Å². The van der Waals surface area contributed by atoms with Crippen LogP contribution in [-0.4, -0.2) is 48.6 Å². The van der Waals surface area contributed by atoms with Crippen LogP contribution in [0.25, 0.3) is 0 Å². The number of fused-ring (bicyclic) bond motifs is 1. The second-order valence-electron chi connectivity index (χ2n) is 5.04. The summed E-state index contributed by atoms with van der Waals surface area (Å²) in [6.07, 6.45) is -0.714. The average molecular weight is 314 g/mol. The maximum atomic E-state index is 12.2. The lowest BCUT2D eigenvalue weighted by atomic mass is 10.1. The highest BCUT2D eigenvalue weighted by atomic mass is 32.2. The van der Waals surface area contributed by atoms with Crippen LogP contribution in [0.15, 0.2) is 24.3 Å². The Balaban J connectivity index is 2.12. The number of hydrogen-bond donors (Lipinski definition) is 3. The predicted octanol–water partition coefficient (Wildman–Crippen LogP) is -0.114. The number of aliphatic carboxylic acids is 1. The number of aliphatic hydroxyl groups is 1. The molecule has 2 rings (SSSR count). The number of carboxylic acids is 1. The van der Waals surface area contributed by atoms with Gasteiger partial charge < -0.3 is 10.2 Å². The minimum atomic E-state index is -3.86. The van der Waals surface area contributed by atoms with Gasteiger partial charge in [0.25, 0.3) is 10.2 Å². The molecule has 0 heterocycles. The molecule has 3 N–H and O–H groups in total. The zero-order valence-corrected chi connectivity index (χ0v) is 12.4. The van der Waals surface area contributed by atoms with Gasteiger partial charge in [0.15, 0.2) is 0 Å². The van der Waals surface area contributed by atoms with E-state index in [2.05, 4.69) is 4.72 Å². The van der Waals surface area contributed by atoms with E-state index in [4.69, 9.17) is 5.11 Å². The number of nitrogens with zero attached hydrogens (tertiary/aromatic N) is 1. The molecule has 0 saturated carbocycles. The summed E-state index contributed by atoms with van der Waals surface area (Å²) in [4.78, 5) is 10.5. The Kier molecular flexibility index (Phi) is 4.62. The van der Waals surface area contributed by atoms with Crippen LogP contribution in [0.3, 0.4) is 0 Å². The van der Waals surface area contributed by atoms with Crippen LogP contribution < -0.4 is 4.72 Å². The highest BCUT2D eigenvalue weighted by Crippen LogP contribution is 2.31. The fourth-order valence-corrected chi connectivity index (χ4v) is 3.46. The fraction of sp³-hybridized carbons (Fsp3) is 0.462. The Morgan fingerprint density at radius 3 is 2.76 bits per heavy atom. The average Bonchev–Trinajstić information content (AvgIpc) is 2.72. The largest absolute Gasteiger partial charge is 0.481 e. The quantitative estimate of drug-likeness (QED) is 0.679. The summed E-state index contributed by atoms with van der Waals surface area (Å²) in [6, 6.07) is 6.53. The van der Waals surface area contributed by atoms with Crippen molar-refractivity contribution in [2.24, 2.45) is 0 Å². The molecule has 0 saturated heterocycles. The van der Waals surface area contributed by atoms with Gasteiger partial charge in [-0.3, -0.25) is 4.79 Å². The van der Waals surface area contributed by atoms with Crippen LogP contribution in [-0.2, 0) is 21.4 Å². The SMILES string of the molecule is CN(CCC(=O)O)S(=O)(=O)N[C@@H]1c2ccccc2C[C@@H]1O. The van der Waals surface area contributed by atoms with Gasteiger partial charge >= 0.3 is 5.97 Å². The molecular formula is C13H18N2O5S. The molecule has 0 bridgehead atoms. The van der Waals surface area contributed by atoms with Gasteiger partial charge in [-0.25, -0.2) is 0 Å². The third kappa shape index (κ3) is 3.59. The Hall–Kier alpha value is -1.48. The van der Waals surface area contributed by atoms with Crippen LogP contribution in [0.5, 0.6) is 0 Å². The van der Waals surface area contributed by atoms with Crippen molar-refractivity contribution in [1.82, 2.24) is 9.03 Å². The lowest BCUT2D eigenvalue weighted by Gasteiger charge is -2.22. The summed E-state index contributed by atoms with van der Waals surface area (Å²) >= 11 is 0. The van der Waals surface area contributed by atoms with Gasteiger partial charge in [-0.1, -0.05) is 24.3 Å². The first kappa shape index (κ1) is 15.9. The summed E-state index contributed by atoms with van der Waals surface area (Å²) in [5.41, 5.74) is 1.66. The first-order valence-electron chi connectivity index (χ1n) is 6.52. The Morgan fingerprint density at radius 1 is 1.43 bits per heavy atom. The molecule has 1 aliphatic carbocycles. The number of carboxylic acid groups (broad SMARTS) is 1. The Morgan fingerprint density at radius 2 is 2.10 bits per heavy atom. The molecule has 0 fully saturated rings. The summed E-state index contributed by atoms with van der Waals surface area (Å²) in [7, 11) is -2.55. The van der Waals surface area contributed by atoms with E-state index in [0.717, 1.165) is 15.4 Å². The normalized spacial score (nSPS) is 21.5. The van der Waals surface area contributed by atoms with E-state index in [-0.39, 0.29) is 13.0 Å². The van der Waals surface area contributed by atoms with E-state index in [1.807, 2.05) is 12.1 Å². The molecule has 2 atom stereocenters. The van der Waals surface area contributed by atoms with E-state index in [0.29, 0.717) is 6.42 Å². The second kappa shape index (κ2) is 6.10. The molecule has 116 valence electrons. The number of nitrogens with one attached hydrogen (secondary N) is 1. The van der Waals surface area contributed by atoms with Gasteiger partial charge in [0.05, 0.1) is 18.6 Å². The number of carbonyl (C=O) groups is 1. The van der Waals surface area contributed by atoms with Crippen molar-refractivity contribution in [1.29, 1.82) is 0 Å². The van der Waals surface area contributed by atoms with Crippen LogP contribution >= 0.6 is 0 Å². The number of rotatable bonds is 6. The molecule has 0 unspecified atom stereocenters. The van der Waals surface area contributed by atoms with Crippen molar-refractivity contribution in [3.63, 3.8) is 0 Å². The Labute approximate surface area is 123 Å². The molecule has 21 heavy (non-hydrogen) atoms. The van der Waals surface area contributed by atoms with Crippen LogP contribution in [0.4, 0.5) is 0 Å². The minimum absolute atomic E-state index is 0.130. The molecule has 0 aliphatic heterocycles. The van der Waals surface area contributed by atoms with Crippen molar-refractivity contribution in [2.45, 2.75) is 25.0 Å². The van der Waals surface area contributed by atoms with Gasteiger partial charge in [0.1, 0.15) is 0 Å². The van der Waals surface area contributed by atoms with Gasteiger partial charge in [0, 0.05) is 20.0 Å². The zero-order chi connectivity index (χ0) is 15.6. The summed E-state index contributed by atoms with van der Waals surface area (Å²) in [5, 5.41) is 18.6. The number of hydrogen-bond acceptors (Lipinski definition) is 4. The summed E-state index contributed by atoms with van der Waals surface area (Å²) in [5.74, 6) is -1.07. The maximum absolute atomic E-state index is 12.2. The third-order valence-electron chi connectivity index (χ3n) is 3.53. The van der Waals surface area contributed by atoms with Crippen molar-refractivity contribution < 1.29 is 23.4 Å². The highest BCUT2D eigenvalue weighted by Gasteiger charge is 2.34. The number of benzene rings is 1. The lowest BCUT2D eigenvalue weighted by molar-refractivity contribution is -0.137. The zero-order valence-electron chi connectivity index (χ0n) is 11.6. The molecule has 7 nitrogen and oxygen atoms in total. The maximum Gasteiger partial charge on any atom is 0.304 e. The minimum Gasteiger partial charge on any atom is -0.481 e. The molecule has 0 radical (unpaired) electrons. The van der Waals surface area contributed by atoms with Crippen LogP contribution in [0, 0.1) is 0 Å². The van der Waals surface area contributed by atoms with E-state index in [1.54, 1.807) is 12.1 Å². The predicted molar refractivity (Wildman–Crippen MR) is 75.8 cm³/mol. The lowest BCUT2D eigenvalue weighted by Crippen LogP contribution is -2.43. The van der Waals surface area contributed by atoms with Gasteiger partial charge in [0.2, 0.25) is 0 Å². The van der Waals surface area contributed by atoms with Gasteiger partial charge in [-0.15, -0.1) is 0 Å². The monoisotopic (exact) mass is 314 g/mol. The summed E-state index contributed by atoms with van der Waals surface area (Å²) < 4.78 is 27.7. The second-order valence-corrected chi connectivity index (χ2v) is 6.85. The van der Waals surface area contributed by atoms with Crippen LogP contribution in [0.1, 0.15) is 23.6 Å². The van der Waals surface area contributed by atoms with E-state index in [1.165, 1.54) is 7.05 Å². The topological polar surface area (TPSA) is 107 Å². The van der Waals surface area contributed by atoms with Crippen LogP contribution in [0.2, 0.25) is 0 Å². The molecule has 0 amide bonds. The van der Waals surface area contributed by atoms with Gasteiger partial charge in [-0.05, 0) is 11.1 Å². The molecule has 8 heteroatoms. The Bertz CT molecular complexity index is 631. The fourth-order valence-electron chi connectivity index (χ4n) is 2.34. The highest BCUT2D eigenvalue weighted by molar-refractivity contribution is 7.87. The standard InChI is InChI=1S/C13H18N2O5S/c1-15(7-6-12(17)18)21(19,20)14-13-10-5-3-2-4-9(10)8-11(13)16/h2-5,11,13-14,16H,6-8H2,1H3,(H,17,18)/t11-,13+/m0/s1. The first-order chi connectivity index (χ1) is 9.81. The molecule has 0 aromatic heterocycles. The van der Waals surface area contributed by atoms with Crippen molar-refractivity contribution >= 4 is 16.2 Å². The van der Waals surface area contributed by atoms with Gasteiger partial charge in [-0.2, -0.15) is 17.4 Å². The molecule has 1 aliphatic rings. The third-order valence-corrected chi connectivity index (χ3v) is 5.09. The van der Waals surface area contributed by atoms with E-state index < -0.39 is 28.3 Å². The van der Waals surface area contributed by atoms with E-state index in [9.17, 15) is 18.3 Å². The molecule has 0 spiro atoms. The molecular weight excluding hydrogens is 296 g/mol. The molecule has 1 aromatic rings. The first-order valence-corrected chi connectivity index (χ1v) is 7.96. The number of aliphatic hydroxyl groups excluding tert-OH is 1. The van der Waals surface area contributed by atoms with Crippen molar-refractivity contribution in [3.05, 3.63) is 35.4 Å². The van der Waals surface area contributed by atoms with Crippen molar-refractivity contribution in [2.75, 3.05) is 13.6 Å².